The van der Waals surface area contributed by atoms with E-state index in [1.54, 1.807) is 0 Å². The first-order valence-corrected chi connectivity index (χ1v) is 7.31. The van der Waals surface area contributed by atoms with Crippen molar-refractivity contribution in [3.8, 4) is 16.9 Å². The molecule has 2 aromatic rings. The molecule has 0 saturated heterocycles. The van der Waals surface area contributed by atoms with E-state index in [9.17, 15) is 0 Å². The lowest BCUT2D eigenvalue weighted by Gasteiger charge is -2.11. The smallest absolute Gasteiger partial charge is 0.270 e. The molecule has 2 rings (SSSR count). The van der Waals surface area contributed by atoms with E-state index in [4.69, 9.17) is 15.9 Å². The monoisotopic (exact) mass is 283 g/mol. The van der Waals surface area contributed by atoms with Crippen molar-refractivity contribution in [1.29, 1.82) is 0 Å². The largest absolute Gasteiger partial charge is 0.493 e. The average Bonchev–Trinajstić information content (AvgIpc) is 2.53. The van der Waals surface area contributed by atoms with E-state index in [0.29, 0.717) is 11.8 Å². The molecule has 0 radical (unpaired) electrons. The number of hydrogen-bond acceptors (Lipinski definition) is 1. The van der Waals surface area contributed by atoms with Gasteiger partial charge in [0.1, 0.15) is 5.75 Å². The molecule has 0 heterocycles. The van der Waals surface area contributed by atoms with E-state index in [1.807, 2.05) is 36.4 Å². The highest BCUT2D eigenvalue weighted by atomic mass is 16.5. The van der Waals surface area contributed by atoms with Gasteiger partial charge in [-0.1, -0.05) is 44.5 Å². The molecule has 3 heteroatoms. The van der Waals surface area contributed by atoms with Crippen LogP contribution in [-0.4, -0.2) is 12.4 Å². The zero-order valence-corrected chi connectivity index (χ0v) is 12.7. The van der Waals surface area contributed by atoms with Gasteiger partial charge in [0.2, 0.25) is 0 Å². The topological polar surface area (TPSA) is 60.8 Å². The molecule has 0 aliphatic carbocycles. The Morgan fingerprint density at radius 1 is 1.05 bits per heavy atom. The highest BCUT2D eigenvalue weighted by molar-refractivity contribution is 5.93. The van der Waals surface area contributed by atoms with E-state index in [0.717, 1.165) is 35.5 Å². The lowest BCUT2D eigenvalue weighted by Crippen LogP contribution is -2.46. The molecule has 4 N–H and O–H groups in total. The van der Waals surface area contributed by atoms with Crippen LogP contribution < -0.4 is 15.9 Å². The fourth-order valence-corrected chi connectivity index (χ4v) is 1.96. The van der Waals surface area contributed by atoms with Crippen LogP contribution >= 0.6 is 0 Å². The second-order valence-corrected chi connectivity index (χ2v) is 5.38. The SMILES string of the molecule is CC[C@H](C)COc1ccc(-c2ccc(C(N)=[NH2+])cc2)cc1. The molecule has 0 aliphatic heterocycles. The van der Waals surface area contributed by atoms with Gasteiger partial charge in [-0.2, -0.15) is 0 Å². The van der Waals surface area contributed by atoms with Gasteiger partial charge in [-0.3, -0.25) is 11.1 Å². The van der Waals surface area contributed by atoms with Crippen molar-refractivity contribution in [1.82, 2.24) is 0 Å². The van der Waals surface area contributed by atoms with Crippen LogP contribution in [0.25, 0.3) is 11.1 Å². The summed E-state index contributed by atoms with van der Waals surface area (Å²) in [7, 11) is 0. The van der Waals surface area contributed by atoms with Gasteiger partial charge in [0.15, 0.2) is 0 Å². The zero-order valence-electron chi connectivity index (χ0n) is 12.7. The number of nitrogens with two attached hydrogens (primary N) is 2. The third-order valence-electron chi connectivity index (χ3n) is 3.64. The molecule has 0 fully saturated rings. The Labute approximate surface area is 126 Å². The molecule has 0 aliphatic rings. The molecule has 21 heavy (non-hydrogen) atoms. The predicted molar refractivity (Wildman–Crippen MR) is 87.0 cm³/mol. The second kappa shape index (κ2) is 6.93. The third kappa shape index (κ3) is 4.09. The third-order valence-corrected chi connectivity index (χ3v) is 3.64. The first-order chi connectivity index (χ1) is 10.1. The second-order valence-electron chi connectivity index (χ2n) is 5.38. The van der Waals surface area contributed by atoms with Crippen molar-refractivity contribution in [3.63, 3.8) is 0 Å². The Bertz CT molecular complexity index is 588. The summed E-state index contributed by atoms with van der Waals surface area (Å²) in [4.78, 5) is 0. The van der Waals surface area contributed by atoms with Crippen molar-refractivity contribution >= 4 is 5.84 Å². The van der Waals surface area contributed by atoms with E-state index in [1.165, 1.54) is 0 Å². The highest BCUT2D eigenvalue weighted by Crippen LogP contribution is 2.23. The van der Waals surface area contributed by atoms with Crippen LogP contribution in [0.3, 0.4) is 0 Å². The first kappa shape index (κ1) is 15.1. The number of ether oxygens (including phenoxy) is 1. The number of amidine groups is 1. The van der Waals surface area contributed by atoms with Crippen molar-refractivity contribution in [2.24, 2.45) is 11.7 Å². The number of hydrogen-bond donors (Lipinski definition) is 2. The van der Waals surface area contributed by atoms with Crippen LogP contribution in [0, 0.1) is 5.92 Å². The Kier molecular flexibility index (Phi) is 4.99. The van der Waals surface area contributed by atoms with Gasteiger partial charge in [0, 0.05) is 0 Å². The standard InChI is InChI=1S/C18H22N2O/c1-3-13(2)12-21-17-10-8-15(9-11-17)14-4-6-16(7-5-14)18(19)20/h4-11,13H,3,12H2,1-2H3,(H3,19,20)/p+1/t13-/m0/s1. The van der Waals surface area contributed by atoms with Gasteiger partial charge in [0.05, 0.1) is 12.2 Å². The van der Waals surface area contributed by atoms with Crippen LogP contribution in [0.2, 0.25) is 0 Å². The molecule has 0 bridgehead atoms. The Morgan fingerprint density at radius 2 is 1.57 bits per heavy atom. The van der Waals surface area contributed by atoms with Crippen LogP contribution in [-0.2, 0) is 0 Å². The minimum absolute atomic E-state index is 0.343. The van der Waals surface area contributed by atoms with Gasteiger partial charge >= 0.3 is 0 Å². The summed E-state index contributed by atoms with van der Waals surface area (Å²) in [5, 5.41) is 5.57. The van der Waals surface area contributed by atoms with Crippen molar-refractivity contribution in [2.75, 3.05) is 6.61 Å². The van der Waals surface area contributed by atoms with E-state index >= 15 is 0 Å². The molecule has 0 spiro atoms. The molecule has 0 unspecified atom stereocenters. The number of rotatable bonds is 6. The van der Waals surface area contributed by atoms with Gasteiger partial charge in [0.25, 0.3) is 5.84 Å². The molecule has 0 aromatic heterocycles. The Hall–Kier alpha value is -2.29. The summed E-state index contributed by atoms with van der Waals surface area (Å²) in [5.74, 6) is 1.83. The molecular weight excluding hydrogens is 260 g/mol. The molecule has 3 nitrogen and oxygen atoms in total. The maximum absolute atomic E-state index is 5.76. The van der Waals surface area contributed by atoms with Gasteiger partial charge in [-0.05, 0) is 41.3 Å². The van der Waals surface area contributed by atoms with Crippen molar-refractivity contribution in [3.05, 3.63) is 54.1 Å². The van der Waals surface area contributed by atoms with Gasteiger partial charge in [-0.15, -0.1) is 0 Å². The highest BCUT2D eigenvalue weighted by Gasteiger charge is 2.04. The first-order valence-electron chi connectivity index (χ1n) is 7.31. The van der Waals surface area contributed by atoms with Gasteiger partial charge in [-0.25, -0.2) is 0 Å². The Balaban J connectivity index is 2.06. The summed E-state index contributed by atoms with van der Waals surface area (Å²) in [6, 6.07) is 16.0. The summed E-state index contributed by atoms with van der Waals surface area (Å²) in [5.41, 5.74) is 8.70. The molecule has 2 aromatic carbocycles. The van der Waals surface area contributed by atoms with Gasteiger partial charge < -0.3 is 4.74 Å². The van der Waals surface area contributed by atoms with Crippen LogP contribution in [0.15, 0.2) is 48.5 Å². The zero-order chi connectivity index (χ0) is 15.2. The maximum Gasteiger partial charge on any atom is 0.270 e. The predicted octanol–water partition coefficient (Wildman–Crippen LogP) is 2.24. The minimum atomic E-state index is 0.343. The van der Waals surface area contributed by atoms with E-state index in [-0.39, 0.29) is 0 Å². The summed E-state index contributed by atoms with van der Waals surface area (Å²) in [6.07, 6.45) is 1.13. The van der Waals surface area contributed by atoms with E-state index in [2.05, 4.69) is 26.0 Å². The lowest BCUT2D eigenvalue weighted by atomic mass is 10.0. The molecule has 0 amide bonds. The van der Waals surface area contributed by atoms with Crippen LogP contribution in [0.1, 0.15) is 25.8 Å². The molecule has 0 saturated carbocycles. The lowest BCUT2D eigenvalue weighted by molar-refractivity contribution is -0.114. The molecule has 1 atom stereocenters. The summed E-state index contributed by atoms with van der Waals surface area (Å²) < 4.78 is 5.76. The fourth-order valence-electron chi connectivity index (χ4n) is 1.96. The minimum Gasteiger partial charge on any atom is -0.493 e. The van der Waals surface area contributed by atoms with Crippen molar-refractivity contribution in [2.45, 2.75) is 20.3 Å². The normalized spacial score (nSPS) is 11.9. The summed E-state index contributed by atoms with van der Waals surface area (Å²) in [6.45, 7) is 5.12. The van der Waals surface area contributed by atoms with E-state index < -0.39 is 0 Å². The number of benzene rings is 2. The average molecular weight is 283 g/mol. The molecular formula is C18H23N2O+. The van der Waals surface area contributed by atoms with Crippen molar-refractivity contribution < 1.29 is 10.1 Å². The fraction of sp³-hybridized carbons (Fsp3) is 0.278. The maximum atomic E-state index is 5.76. The Morgan fingerprint density at radius 3 is 2.05 bits per heavy atom. The summed E-state index contributed by atoms with van der Waals surface area (Å²) >= 11 is 0. The van der Waals surface area contributed by atoms with Crippen LogP contribution in [0.5, 0.6) is 5.75 Å². The quantitative estimate of drug-likeness (QED) is 0.631. The van der Waals surface area contributed by atoms with Crippen LogP contribution in [0.4, 0.5) is 0 Å². The molecule has 110 valence electrons.